The van der Waals surface area contributed by atoms with Gasteiger partial charge >= 0.3 is 0 Å². The Morgan fingerprint density at radius 2 is 1.89 bits per heavy atom. The number of anilines is 1. The molecule has 0 aromatic heterocycles. The zero-order chi connectivity index (χ0) is 19.3. The Morgan fingerprint density at radius 1 is 1.15 bits per heavy atom. The van der Waals surface area contributed by atoms with Crippen LogP contribution in [-0.4, -0.2) is 82.3 Å². The standard InChI is InChI=1S/C20H35N5OS/c1-4-21-20(23-11-17-27-3)22-10-5-12-24-13-15-25(16-14-24)18-6-8-19(26-2)9-7-18/h6-9H,4-5,10-17H2,1-3H3,(H2,21,22,23). The minimum Gasteiger partial charge on any atom is -0.497 e. The zero-order valence-corrected chi connectivity index (χ0v) is 17.9. The van der Waals surface area contributed by atoms with Crippen LogP contribution in [0.4, 0.5) is 5.69 Å². The van der Waals surface area contributed by atoms with Gasteiger partial charge in [-0.1, -0.05) is 0 Å². The number of methoxy groups -OCH3 is 1. The molecule has 0 radical (unpaired) electrons. The third-order valence-corrected chi connectivity index (χ3v) is 5.27. The van der Waals surface area contributed by atoms with Gasteiger partial charge in [0.1, 0.15) is 5.75 Å². The van der Waals surface area contributed by atoms with Gasteiger partial charge in [-0.05, 0) is 43.9 Å². The number of benzene rings is 1. The molecule has 1 saturated heterocycles. The number of ether oxygens (including phenoxy) is 1. The summed E-state index contributed by atoms with van der Waals surface area (Å²) < 4.78 is 5.24. The second-order valence-corrected chi connectivity index (χ2v) is 7.55. The molecule has 7 heteroatoms. The monoisotopic (exact) mass is 393 g/mol. The fourth-order valence-corrected chi connectivity index (χ4v) is 3.43. The lowest BCUT2D eigenvalue weighted by molar-refractivity contribution is 0.256. The summed E-state index contributed by atoms with van der Waals surface area (Å²) in [5.74, 6) is 2.96. The van der Waals surface area contributed by atoms with Crippen LogP contribution in [-0.2, 0) is 0 Å². The number of rotatable bonds is 10. The van der Waals surface area contributed by atoms with Crippen LogP contribution in [0.25, 0.3) is 0 Å². The van der Waals surface area contributed by atoms with E-state index >= 15 is 0 Å². The zero-order valence-electron chi connectivity index (χ0n) is 17.0. The molecule has 1 fully saturated rings. The highest BCUT2D eigenvalue weighted by Crippen LogP contribution is 2.20. The Kier molecular flexibility index (Phi) is 10.2. The summed E-state index contributed by atoms with van der Waals surface area (Å²) in [4.78, 5) is 9.68. The average molecular weight is 394 g/mol. The Balaban J connectivity index is 1.66. The van der Waals surface area contributed by atoms with Gasteiger partial charge in [-0.25, -0.2) is 0 Å². The molecule has 0 spiro atoms. The highest BCUT2D eigenvalue weighted by atomic mass is 32.2. The molecular formula is C20H35N5OS. The summed E-state index contributed by atoms with van der Waals surface area (Å²) in [5.41, 5.74) is 1.28. The number of hydrogen-bond donors (Lipinski definition) is 2. The molecule has 0 unspecified atom stereocenters. The average Bonchev–Trinajstić information content (AvgIpc) is 2.72. The predicted octanol–water partition coefficient (Wildman–Crippen LogP) is 2.13. The van der Waals surface area contributed by atoms with Gasteiger partial charge in [0, 0.05) is 63.8 Å². The number of thioether (sulfide) groups is 1. The fourth-order valence-electron chi connectivity index (χ4n) is 3.12. The number of aliphatic imine (C=N–C) groups is 1. The SMILES string of the molecule is CCNC(=NCCCN1CCN(c2ccc(OC)cc2)CC1)NCCSC. The first-order chi connectivity index (χ1) is 13.3. The van der Waals surface area contributed by atoms with E-state index in [-0.39, 0.29) is 0 Å². The van der Waals surface area contributed by atoms with Gasteiger partial charge in [-0.2, -0.15) is 11.8 Å². The largest absolute Gasteiger partial charge is 0.497 e. The normalized spacial score (nSPS) is 15.7. The minimum absolute atomic E-state index is 0.868. The van der Waals surface area contributed by atoms with Gasteiger partial charge in [0.15, 0.2) is 5.96 Å². The summed E-state index contributed by atoms with van der Waals surface area (Å²) in [6.07, 6.45) is 3.22. The molecule has 1 aromatic carbocycles. The lowest BCUT2D eigenvalue weighted by atomic mass is 10.2. The van der Waals surface area contributed by atoms with Crippen molar-refractivity contribution in [1.29, 1.82) is 0 Å². The topological polar surface area (TPSA) is 52.1 Å². The first-order valence-corrected chi connectivity index (χ1v) is 11.3. The van der Waals surface area contributed by atoms with Gasteiger partial charge in [-0.15, -0.1) is 0 Å². The molecule has 1 heterocycles. The van der Waals surface area contributed by atoms with Crippen molar-refractivity contribution in [2.75, 3.05) is 76.4 Å². The summed E-state index contributed by atoms with van der Waals surface area (Å²) in [5, 5.41) is 6.69. The molecule has 2 rings (SSSR count). The number of nitrogens with zero attached hydrogens (tertiary/aromatic N) is 3. The molecule has 0 saturated carbocycles. The summed E-state index contributed by atoms with van der Waals surface area (Å²) >= 11 is 1.85. The third-order valence-electron chi connectivity index (χ3n) is 4.66. The van der Waals surface area contributed by atoms with E-state index in [2.05, 4.69) is 50.7 Å². The summed E-state index contributed by atoms with van der Waals surface area (Å²) in [6, 6.07) is 8.37. The predicted molar refractivity (Wildman–Crippen MR) is 119 cm³/mol. The quantitative estimate of drug-likeness (QED) is 0.361. The van der Waals surface area contributed by atoms with Crippen LogP contribution in [0.1, 0.15) is 13.3 Å². The smallest absolute Gasteiger partial charge is 0.191 e. The molecule has 6 nitrogen and oxygen atoms in total. The van der Waals surface area contributed by atoms with E-state index in [1.165, 1.54) is 5.69 Å². The molecule has 152 valence electrons. The van der Waals surface area contributed by atoms with Gasteiger partial charge in [-0.3, -0.25) is 9.89 Å². The van der Waals surface area contributed by atoms with Crippen molar-refractivity contribution >= 4 is 23.4 Å². The molecule has 0 bridgehead atoms. The Bertz CT molecular complexity index is 544. The molecule has 1 aromatic rings. The Labute approximate surface area is 168 Å². The summed E-state index contributed by atoms with van der Waals surface area (Å²) in [6.45, 7) is 10.3. The van der Waals surface area contributed by atoms with E-state index in [1.807, 2.05) is 23.9 Å². The maximum atomic E-state index is 5.24. The molecule has 1 aliphatic heterocycles. The van der Waals surface area contributed by atoms with Gasteiger partial charge in [0.05, 0.1) is 7.11 Å². The molecule has 0 amide bonds. The van der Waals surface area contributed by atoms with E-state index < -0.39 is 0 Å². The maximum absolute atomic E-state index is 5.24. The van der Waals surface area contributed by atoms with Crippen LogP contribution >= 0.6 is 11.8 Å². The first kappa shape index (κ1) is 21.7. The van der Waals surface area contributed by atoms with Gasteiger partial charge in [0.2, 0.25) is 0 Å². The lowest BCUT2D eigenvalue weighted by Gasteiger charge is -2.36. The van der Waals surface area contributed by atoms with E-state index in [0.717, 1.165) is 76.2 Å². The van der Waals surface area contributed by atoms with E-state index in [0.29, 0.717) is 0 Å². The van der Waals surface area contributed by atoms with Gasteiger partial charge in [0.25, 0.3) is 0 Å². The van der Waals surface area contributed by atoms with Crippen molar-refractivity contribution in [1.82, 2.24) is 15.5 Å². The van der Waals surface area contributed by atoms with Crippen molar-refractivity contribution < 1.29 is 4.74 Å². The van der Waals surface area contributed by atoms with Crippen LogP contribution in [0.2, 0.25) is 0 Å². The number of hydrogen-bond acceptors (Lipinski definition) is 5. The number of guanidine groups is 1. The van der Waals surface area contributed by atoms with Crippen LogP contribution in [0.15, 0.2) is 29.3 Å². The Morgan fingerprint density at radius 3 is 2.52 bits per heavy atom. The van der Waals surface area contributed by atoms with Crippen molar-refractivity contribution in [3.05, 3.63) is 24.3 Å². The molecule has 2 N–H and O–H groups in total. The molecule has 1 aliphatic rings. The van der Waals surface area contributed by atoms with Gasteiger partial charge < -0.3 is 20.3 Å². The van der Waals surface area contributed by atoms with E-state index in [9.17, 15) is 0 Å². The molecular weight excluding hydrogens is 358 g/mol. The van der Waals surface area contributed by atoms with Crippen LogP contribution in [0.3, 0.4) is 0 Å². The lowest BCUT2D eigenvalue weighted by Crippen LogP contribution is -2.46. The van der Waals surface area contributed by atoms with Crippen LogP contribution in [0.5, 0.6) is 5.75 Å². The maximum Gasteiger partial charge on any atom is 0.191 e. The van der Waals surface area contributed by atoms with E-state index in [4.69, 9.17) is 4.74 Å². The van der Waals surface area contributed by atoms with Crippen LogP contribution in [0, 0.1) is 0 Å². The van der Waals surface area contributed by atoms with Crippen molar-refractivity contribution in [2.45, 2.75) is 13.3 Å². The highest BCUT2D eigenvalue weighted by molar-refractivity contribution is 7.98. The van der Waals surface area contributed by atoms with Crippen molar-refractivity contribution in [2.24, 2.45) is 4.99 Å². The van der Waals surface area contributed by atoms with Crippen molar-refractivity contribution in [3.63, 3.8) is 0 Å². The second kappa shape index (κ2) is 12.7. The minimum atomic E-state index is 0.868. The molecule has 0 atom stereocenters. The second-order valence-electron chi connectivity index (χ2n) is 6.56. The van der Waals surface area contributed by atoms with Crippen LogP contribution < -0.4 is 20.3 Å². The van der Waals surface area contributed by atoms with Crippen molar-refractivity contribution in [3.8, 4) is 5.75 Å². The Hall–Kier alpha value is -1.60. The van der Waals surface area contributed by atoms with E-state index in [1.54, 1.807) is 7.11 Å². The fraction of sp³-hybridized carbons (Fsp3) is 0.650. The highest BCUT2D eigenvalue weighted by Gasteiger charge is 2.16. The molecule has 0 aliphatic carbocycles. The number of nitrogens with one attached hydrogen (secondary N) is 2. The number of piperazine rings is 1. The first-order valence-electron chi connectivity index (χ1n) is 9.89. The third kappa shape index (κ3) is 7.89. The molecule has 27 heavy (non-hydrogen) atoms. The summed E-state index contributed by atoms with van der Waals surface area (Å²) in [7, 11) is 1.71.